The van der Waals surface area contributed by atoms with Crippen LogP contribution in [0.3, 0.4) is 0 Å². The van der Waals surface area contributed by atoms with Gasteiger partial charge in [-0.15, -0.1) is 0 Å². The molecule has 176 valence electrons. The summed E-state index contributed by atoms with van der Waals surface area (Å²) in [6, 6.07) is 0. The highest BCUT2D eigenvalue weighted by Gasteiger charge is 2.46. The number of hydrogen-bond donors (Lipinski definition) is 1. The maximum Gasteiger partial charge on any atom is 0.189 e. The van der Waals surface area contributed by atoms with Gasteiger partial charge in [0.2, 0.25) is 0 Å². The van der Waals surface area contributed by atoms with Crippen molar-refractivity contribution in [1.29, 1.82) is 0 Å². The number of fused-ring (bicyclic) bond motifs is 1. The minimum Gasteiger partial charge on any atom is -0.392 e. The Morgan fingerprint density at radius 3 is 2.39 bits per heavy atom. The summed E-state index contributed by atoms with van der Waals surface area (Å²) in [4.78, 5) is 12.1. The molecule has 1 saturated heterocycles. The lowest BCUT2D eigenvalue weighted by Crippen LogP contribution is -2.50. The molecule has 1 aliphatic carbocycles. The molecular formula is C27H44O4. The number of unbranched alkanes of at least 4 members (excludes halogenated alkanes) is 9. The fraction of sp³-hybridized carbons (Fsp3) is 0.815. The molecule has 0 unspecified atom stereocenters. The molecule has 3 rings (SSSR count). The summed E-state index contributed by atoms with van der Waals surface area (Å²) in [6.07, 6.45) is 22.0. The highest BCUT2D eigenvalue weighted by atomic mass is 16.7. The molecule has 4 atom stereocenters. The number of ketones is 1. The molecule has 0 saturated carbocycles. The molecule has 0 aromatic rings. The van der Waals surface area contributed by atoms with Gasteiger partial charge in [-0.2, -0.15) is 0 Å². The van der Waals surface area contributed by atoms with Crippen LogP contribution < -0.4 is 0 Å². The zero-order chi connectivity index (χ0) is 22.1. The molecule has 0 aromatic heterocycles. The highest BCUT2D eigenvalue weighted by molar-refractivity contribution is 5.96. The Morgan fingerprint density at radius 2 is 1.71 bits per heavy atom. The van der Waals surface area contributed by atoms with E-state index in [1.54, 1.807) is 0 Å². The van der Waals surface area contributed by atoms with E-state index >= 15 is 0 Å². The van der Waals surface area contributed by atoms with Crippen LogP contribution >= 0.6 is 0 Å². The first-order valence-electron chi connectivity index (χ1n) is 13.0. The normalized spacial score (nSPS) is 30.8. The molecule has 0 aromatic carbocycles. The van der Waals surface area contributed by atoms with Gasteiger partial charge >= 0.3 is 0 Å². The van der Waals surface area contributed by atoms with Crippen LogP contribution in [0.2, 0.25) is 0 Å². The summed E-state index contributed by atoms with van der Waals surface area (Å²) in [5.74, 6) is -0.612. The van der Waals surface area contributed by atoms with E-state index in [0.29, 0.717) is 6.42 Å². The molecule has 1 spiro atoms. The summed E-state index contributed by atoms with van der Waals surface area (Å²) < 4.78 is 13.0. The van der Waals surface area contributed by atoms with Crippen LogP contribution in [0, 0.1) is 5.92 Å². The summed E-state index contributed by atoms with van der Waals surface area (Å²) in [5.41, 5.74) is 1.68. The van der Waals surface area contributed by atoms with Crippen LogP contribution in [-0.4, -0.2) is 35.5 Å². The van der Waals surface area contributed by atoms with Gasteiger partial charge in [0.05, 0.1) is 18.8 Å². The Kier molecular flexibility index (Phi) is 9.80. The minimum absolute atomic E-state index is 0.0289. The number of ether oxygens (including phenoxy) is 2. The summed E-state index contributed by atoms with van der Waals surface area (Å²) in [6.45, 7) is 4.10. The quantitative estimate of drug-likeness (QED) is 0.286. The molecule has 0 amide bonds. The van der Waals surface area contributed by atoms with Crippen LogP contribution in [0.4, 0.5) is 0 Å². The molecule has 2 aliphatic heterocycles. The SMILES string of the molecule is CCCCCCCCCCCC[C@@H]1CCC[C@]2(C=C(CO)[C@H]3CC(=O)C(C)=C[C@H]3O2)O1. The lowest BCUT2D eigenvalue weighted by molar-refractivity contribution is -0.275. The highest BCUT2D eigenvalue weighted by Crippen LogP contribution is 2.43. The number of allylic oxidation sites excluding steroid dienone is 1. The van der Waals surface area contributed by atoms with Crippen LogP contribution in [0.1, 0.15) is 110 Å². The van der Waals surface area contributed by atoms with Crippen molar-refractivity contribution in [3.8, 4) is 0 Å². The van der Waals surface area contributed by atoms with Gasteiger partial charge in [0.15, 0.2) is 11.6 Å². The van der Waals surface area contributed by atoms with Crippen molar-refractivity contribution in [2.45, 2.75) is 128 Å². The molecule has 1 N–H and O–H groups in total. The second kappa shape index (κ2) is 12.3. The molecule has 4 heteroatoms. The monoisotopic (exact) mass is 432 g/mol. The molecule has 0 bridgehead atoms. The Bertz CT molecular complexity index is 637. The number of rotatable bonds is 12. The Labute approximate surface area is 189 Å². The molecule has 3 aliphatic rings. The van der Waals surface area contributed by atoms with Crippen molar-refractivity contribution in [1.82, 2.24) is 0 Å². The lowest BCUT2D eigenvalue weighted by Gasteiger charge is -2.47. The second-order valence-corrected chi connectivity index (χ2v) is 9.96. The van der Waals surface area contributed by atoms with Gasteiger partial charge in [-0.25, -0.2) is 0 Å². The van der Waals surface area contributed by atoms with E-state index in [1.807, 2.05) is 19.1 Å². The third kappa shape index (κ3) is 7.00. The van der Waals surface area contributed by atoms with Crippen LogP contribution in [-0.2, 0) is 14.3 Å². The van der Waals surface area contributed by atoms with Gasteiger partial charge in [-0.3, -0.25) is 4.79 Å². The van der Waals surface area contributed by atoms with E-state index in [2.05, 4.69) is 6.92 Å². The van der Waals surface area contributed by atoms with Crippen LogP contribution in [0.5, 0.6) is 0 Å². The van der Waals surface area contributed by atoms with E-state index in [-0.39, 0.29) is 30.5 Å². The zero-order valence-corrected chi connectivity index (χ0v) is 19.9. The molecule has 2 heterocycles. The average molecular weight is 433 g/mol. The largest absolute Gasteiger partial charge is 0.392 e. The Balaban J connectivity index is 1.43. The zero-order valence-electron chi connectivity index (χ0n) is 19.9. The van der Waals surface area contributed by atoms with E-state index in [1.165, 1.54) is 64.2 Å². The molecule has 1 fully saturated rings. The number of aliphatic hydroxyl groups excluding tert-OH is 1. The molecule has 0 radical (unpaired) electrons. The predicted molar refractivity (Wildman–Crippen MR) is 125 cm³/mol. The van der Waals surface area contributed by atoms with Gasteiger partial charge in [-0.1, -0.05) is 71.1 Å². The maximum absolute atomic E-state index is 12.1. The lowest BCUT2D eigenvalue weighted by atomic mass is 9.78. The Morgan fingerprint density at radius 1 is 1.03 bits per heavy atom. The van der Waals surface area contributed by atoms with Gasteiger partial charge in [0.1, 0.15) is 0 Å². The molecule has 31 heavy (non-hydrogen) atoms. The van der Waals surface area contributed by atoms with Crippen molar-refractivity contribution >= 4 is 5.78 Å². The second-order valence-electron chi connectivity index (χ2n) is 9.96. The summed E-state index contributed by atoms with van der Waals surface area (Å²) >= 11 is 0. The first-order valence-corrected chi connectivity index (χ1v) is 13.0. The van der Waals surface area contributed by atoms with Gasteiger partial charge in [-0.05, 0) is 49.5 Å². The fourth-order valence-corrected chi connectivity index (χ4v) is 5.44. The number of carbonyl (C=O) groups excluding carboxylic acids is 1. The van der Waals surface area contributed by atoms with E-state index in [9.17, 15) is 9.90 Å². The van der Waals surface area contributed by atoms with Crippen molar-refractivity contribution in [2.75, 3.05) is 6.61 Å². The van der Waals surface area contributed by atoms with E-state index in [4.69, 9.17) is 9.47 Å². The van der Waals surface area contributed by atoms with Crippen LogP contribution in [0.15, 0.2) is 23.3 Å². The minimum atomic E-state index is -0.724. The predicted octanol–water partition coefficient (Wildman–Crippen LogP) is 6.42. The Hall–Kier alpha value is -0.970. The molecule has 4 nitrogen and oxygen atoms in total. The van der Waals surface area contributed by atoms with E-state index < -0.39 is 5.79 Å². The van der Waals surface area contributed by atoms with Gasteiger partial charge in [0, 0.05) is 18.8 Å². The van der Waals surface area contributed by atoms with Gasteiger partial charge in [0.25, 0.3) is 0 Å². The van der Waals surface area contributed by atoms with Crippen molar-refractivity contribution in [3.63, 3.8) is 0 Å². The average Bonchev–Trinajstić information content (AvgIpc) is 2.76. The third-order valence-electron chi connectivity index (χ3n) is 7.35. The fourth-order valence-electron chi connectivity index (χ4n) is 5.44. The number of Topliss-reactive ketones (excluding diaryl/α,β-unsaturated/α-hetero) is 1. The van der Waals surface area contributed by atoms with Crippen molar-refractivity contribution in [3.05, 3.63) is 23.3 Å². The molecular weight excluding hydrogens is 388 g/mol. The number of carbonyl (C=O) groups is 1. The first-order chi connectivity index (χ1) is 15.1. The number of aliphatic hydroxyl groups is 1. The number of hydrogen-bond acceptors (Lipinski definition) is 4. The standard InChI is InChI=1S/C27H44O4/c1-3-4-5-6-7-8-9-10-11-12-14-23-15-13-16-27(30-23)19-22(20-28)24-18-25(29)21(2)17-26(24)31-27/h17,19,23-24,26,28H,3-16,18,20H2,1-2H3/t23-,24-,26-,27+/m1/s1. The van der Waals surface area contributed by atoms with Gasteiger partial charge < -0.3 is 14.6 Å². The smallest absolute Gasteiger partial charge is 0.189 e. The van der Waals surface area contributed by atoms with Crippen LogP contribution in [0.25, 0.3) is 0 Å². The van der Waals surface area contributed by atoms with E-state index in [0.717, 1.165) is 36.8 Å². The third-order valence-corrected chi connectivity index (χ3v) is 7.35. The van der Waals surface area contributed by atoms with Crippen molar-refractivity contribution < 1.29 is 19.4 Å². The maximum atomic E-state index is 12.1. The first kappa shape index (κ1) is 24.7. The van der Waals surface area contributed by atoms with Crippen molar-refractivity contribution in [2.24, 2.45) is 5.92 Å². The summed E-state index contributed by atoms with van der Waals surface area (Å²) in [5, 5.41) is 9.96. The topological polar surface area (TPSA) is 55.8 Å². The summed E-state index contributed by atoms with van der Waals surface area (Å²) in [7, 11) is 0.